The Labute approximate surface area is 190 Å². The fourth-order valence-electron chi connectivity index (χ4n) is 3.89. The van der Waals surface area contributed by atoms with Crippen molar-refractivity contribution in [3.05, 3.63) is 70.6 Å². The average molecular weight is 477 g/mol. The minimum absolute atomic E-state index is 0.110. The van der Waals surface area contributed by atoms with E-state index in [1.54, 1.807) is 13.8 Å². The maximum atomic E-state index is 13.5. The summed E-state index contributed by atoms with van der Waals surface area (Å²) in [6.45, 7) is 8.05. The van der Waals surface area contributed by atoms with Crippen LogP contribution in [-0.2, 0) is 19.9 Å². The molecule has 1 amide bonds. The summed E-state index contributed by atoms with van der Waals surface area (Å²) in [4.78, 5) is 15.1. The molecule has 0 unspecified atom stereocenters. The molecule has 1 heterocycles. The maximum Gasteiger partial charge on any atom is 0.258 e. The lowest BCUT2D eigenvalue weighted by molar-refractivity contribution is 0.0983. The summed E-state index contributed by atoms with van der Waals surface area (Å²) < 4.78 is 50.9. The molecule has 0 radical (unpaired) electrons. The Hall–Kier alpha value is -2.49. The van der Waals surface area contributed by atoms with Crippen LogP contribution in [0.4, 0.5) is 5.69 Å². The second-order valence-corrected chi connectivity index (χ2v) is 11.7. The summed E-state index contributed by atoms with van der Waals surface area (Å²) in [5.74, 6) is -0.589. The lowest BCUT2D eigenvalue weighted by atomic mass is 10.1. The smallest absolute Gasteiger partial charge is 0.258 e. The zero-order valence-electron chi connectivity index (χ0n) is 18.6. The molecule has 0 fully saturated rings. The Morgan fingerprint density at radius 3 is 2.03 bits per heavy atom. The number of hydrogen-bond donors (Lipinski definition) is 0. The molecule has 1 atom stereocenters. The molecular formula is C23H28N2O5S2. The summed E-state index contributed by atoms with van der Waals surface area (Å²) in [5.41, 5.74) is 2.77. The van der Waals surface area contributed by atoms with Gasteiger partial charge >= 0.3 is 0 Å². The zero-order valence-corrected chi connectivity index (χ0v) is 20.3. The molecule has 172 valence electrons. The molecule has 0 aliphatic carbocycles. The molecule has 1 aliphatic rings. The molecule has 2 aromatic rings. The Morgan fingerprint density at radius 1 is 1.00 bits per heavy atom. The second-order valence-electron chi connectivity index (χ2n) is 7.86. The predicted octanol–water partition coefficient (Wildman–Crippen LogP) is 3.29. The standard InChI is InChI=1S/C23H28N2O5S2/c1-5-24(6-2)32(29,30)22-9-7-19(8-10-22)23(26)25(20-11-12-31(27,28)16-20)21-14-17(3)13-18(4)15-21/h7-15,20H,5-6,16H2,1-4H3/t20-/m0/s1. The van der Waals surface area contributed by atoms with Gasteiger partial charge in [-0.3, -0.25) is 4.79 Å². The number of benzene rings is 2. The van der Waals surface area contributed by atoms with E-state index >= 15 is 0 Å². The van der Waals surface area contributed by atoms with E-state index in [0.29, 0.717) is 18.8 Å². The van der Waals surface area contributed by atoms with Gasteiger partial charge < -0.3 is 4.90 Å². The number of aryl methyl sites for hydroxylation is 2. The van der Waals surface area contributed by atoms with E-state index < -0.39 is 31.8 Å². The van der Waals surface area contributed by atoms with Crippen LogP contribution in [0.2, 0.25) is 0 Å². The minimum Gasteiger partial charge on any atom is -0.300 e. The Balaban J connectivity index is 2.01. The van der Waals surface area contributed by atoms with Gasteiger partial charge in [0.15, 0.2) is 9.84 Å². The number of nitrogens with zero attached hydrogens (tertiary/aromatic N) is 2. The molecule has 0 aromatic heterocycles. The first-order valence-electron chi connectivity index (χ1n) is 10.4. The minimum atomic E-state index is -3.64. The van der Waals surface area contributed by atoms with Gasteiger partial charge in [0.05, 0.1) is 16.7 Å². The number of hydrogen-bond acceptors (Lipinski definition) is 5. The third-order valence-electron chi connectivity index (χ3n) is 5.39. The topological polar surface area (TPSA) is 91.8 Å². The van der Waals surface area contributed by atoms with Gasteiger partial charge in [-0.25, -0.2) is 16.8 Å². The van der Waals surface area contributed by atoms with Crippen LogP contribution in [-0.4, -0.2) is 51.9 Å². The fourth-order valence-corrected chi connectivity index (χ4v) is 6.62. The molecule has 7 nitrogen and oxygen atoms in total. The van der Waals surface area contributed by atoms with Crippen molar-refractivity contribution < 1.29 is 21.6 Å². The van der Waals surface area contributed by atoms with E-state index in [9.17, 15) is 21.6 Å². The summed E-state index contributed by atoms with van der Waals surface area (Å²) in [5, 5.41) is 1.14. The van der Waals surface area contributed by atoms with Crippen LogP contribution in [0.5, 0.6) is 0 Å². The van der Waals surface area contributed by atoms with Gasteiger partial charge in [0.25, 0.3) is 5.91 Å². The first-order chi connectivity index (χ1) is 15.0. The van der Waals surface area contributed by atoms with Crippen molar-refractivity contribution in [1.29, 1.82) is 0 Å². The first kappa shape index (κ1) is 24.2. The molecule has 0 spiro atoms. The van der Waals surface area contributed by atoms with Crippen LogP contribution in [0.25, 0.3) is 0 Å². The molecule has 0 saturated heterocycles. The first-order valence-corrected chi connectivity index (χ1v) is 13.6. The van der Waals surface area contributed by atoms with E-state index in [1.807, 2.05) is 32.0 Å². The molecule has 3 rings (SSSR count). The average Bonchev–Trinajstić information content (AvgIpc) is 3.07. The number of sulfonamides is 1. The van der Waals surface area contributed by atoms with Crippen molar-refractivity contribution >= 4 is 31.5 Å². The van der Waals surface area contributed by atoms with Crippen molar-refractivity contribution in [3.8, 4) is 0 Å². The summed E-state index contributed by atoms with van der Waals surface area (Å²) >= 11 is 0. The second kappa shape index (κ2) is 9.17. The Bertz CT molecular complexity index is 1230. The molecule has 1 aliphatic heterocycles. The van der Waals surface area contributed by atoms with Crippen molar-refractivity contribution in [1.82, 2.24) is 4.31 Å². The van der Waals surface area contributed by atoms with E-state index in [1.165, 1.54) is 39.5 Å². The van der Waals surface area contributed by atoms with Gasteiger partial charge in [-0.2, -0.15) is 4.31 Å². The van der Waals surface area contributed by atoms with Gasteiger partial charge in [0, 0.05) is 29.7 Å². The van der Waals surface area contributed by atoms with Gasteiger partial charge in [-0.1, -0.05) is 19.9 Å². The highest BCUT2D eigenvalue weighted by Gasteiger charge is 2.32. The third-order valence-corrected chi connectivity index (χ3v) is 8.83. The van der Waals surface area contributed by atoms with Gasteiger partial charge in [-0.15, -0.1) is 0 Å². The van der Waals surface area contributed by atoms with Crippen molar-refractivity contribution in [2.45, 2.75) is 38.6 Å². The van der Waals surface area contributed by atoms with Crippen molar-refractivity contribution in [2.24, 2.45) is 0 Å². The van der Waals surface area contributed by atoms with Gasteiger partial charge in [-0.05, 0) is 67.4 Å². The van der Waals surface area contributed by atoms with Crippen LogP contribution in [0.1, 0.15) is 35.3 Å². The molecule has 0 N–H and O–H groups in total. The molecule has 0 bridgehead atoms. The number of anilines is 1. The van der Waals surface area contributed by atoms with Crippen LogP contribution >= 0.6 is 0 Å². The molecular weight excluding hydrogens is 448 g/mol. The summed E-state index contributed by atoms with van der Waals surface area (Å²) in [7, 11) is -7.03. The molecule has 2 aromatic carbocycles. The number of amides is 1. The Kier molecular flexibility index (Phi) is 6.92. The lowest BCUT2D eigenvalue weighted by Gasteiger charge is -2.28. The van der Waals surface area contributed by atoms with Crippen LogP contribution in [0, 0.1) is 13.8 Å². The fraction of sp³-hybridized carbons (Fsp3) is 0.348. The molecule has 0 saturated carbocycles. The summed E-state index contributed by atoms with van der Waals surface area (Å²) in [6, 6.07) is 10.8. The van der Waals surface area contributed by atoms with Crippen molar-refractivity contribution in [3.63, 3.8) is 0 Å². The Morgan fingerprint density at radius 2 is 1.56 bits per heavy atom. The van der Waals surface area contributed by atoms with Crippen LogP contribution < -0.4 is 4.90 Å². The largest absolute Gasteiger partial charge is 0.300 e. The van der Waals surface area contributed by atoms with E-state index in [4.69, 9.17) is 0 Å². The van der Waals surface area contributed by atoms with E-state index in [-0.39, 0.29) is 16.2 Å². The number of carbonyl (C=O) groups excluding carboxylic acids is 1. The number of sulfone groups is 1. The number of rotatable bonds is 7. The quantitative estimate of drug-likeness (QED) is 0.612. The van der Waals surface area contributed by atoms with Gasteiger partial charge in [0.2, 0.25) is 10.0 Å². The predicted molar refractivity (Wildman–Crippen MR) is 126 cm³/mol. The van der Waals surface area contributed by atoms with Crippen LogP contribution in [0.3, 0.4) is 0 Å². The monoisotopic (exact) mass is 476 g/mol. The molecule has 9 heteroatoms. The van der Waals surface area contributed by atoms with Gasteiger partial charge in [0.1, 0.15) is 0 Å². The SMILES string of the molecule is CCN(CC)S(=O)(=O)c1ccc(C(=O)N(c2cc(C)cc(C)c2)[C@H]2C=CS(=O)(=O)C2)cc1. The highest BCUT2D eigenvalue weighted by molar-refractivity contribution is 7.94. The summed E-state index contributed by atoms with van der Waals surface area (Å²) in [6.07, 6.45) is 1.52. The number of carbonyl (C=O) groups is 1. The highest BCUT2D eigenvalue weighted by atomic mass is 32.2. The normalized spacial score (nSPS) is 17.6. The highest BCUT2D eigenvalue weighted by Crippen LogP contribution is 2.27. The maximum absolute atomic E-state index is 13.5. The third kappa shape index (κ3) is 4.95. The van der Waals surface area contributed by atoms with E-state index in [2.05, 4.69) is 0 Å². The molecule has 32 heavy (non-hydrogen) atoms. The van der Waals surface area contributed by atoms with Crippen molar-refractivity contribution in [2.75, 3.05) is 23.7 Å². The lowest BCUT2D eigenvalue weighted by Crippen LogP contribution is -2.41. The zero-order chi connectivity index (χ0) is 23.7. The van der Waals surface area contributed by atoms with E-state index in [0.717, 1.165) is 16.5 Å². The van der Waals surface area contributed by atoms with Crippen LogP contribution in [0.15, 0.2) is 58.8 Å².